The Kier molecular flexibility index (Phi) is 6.19. The van der Waals surface area contributed by atoms with Crippen LogP contribution in [0.4, 0.5) is 5.69 Å². The molecule has 0 saturated heterocycles. The average molecular weight is 408 g/mol. The standard InChI is InChI=1S/C18H15Cl2N3O2S/c1-11-5-7-12(8-6-11)17-22-23-18(25-17)26-10-9-15(24)21-16-13(19)3-2-4-14(16)20/h2-8H,9-10H2,1H3,(H,21,24). The third-order valence-electron chi connectivity index (χ3n) is 3.49. The predicted octanol–water partition coefficient (Wildman–Crippen LogP) is 5.47. The largest absolute Gasteiger partial charge is 0.411 e. The van der Waals surface area contributed by atoms with Crippen LogP contribution >= 0.6 is 35.0 Å². The lowest BCUT2D eigenvalue weighted by Gasteiger charge is -2.08. The molecule has 0 atom stereocenters. The van der Waals surface area contributed by atoms with E-state index in [-0.39, 0.29) is 12.3 Å². The summed E-state index contributed by atoms with van der Waals surface area (Å²) in [7, 11) is 0. The Morgan fingerprint density at radius 2 is 1.81 bits per heavy atom. The van der Waals surface area contributed by atoms with Crippen LogP contribution in [0.2, 0.25) is 10.0 Å². The van der Waals surface area contributed by atoms with Crippen LogP contribution in [0.5, 0.6) is 0 Å². The van der Waals surface area contributed by atoms with Crippen LogP contribution in [0, 0.1) is 6.92 Å². The number of carbonyl (C=O) groups is 1. The molecule has 0 aliphatic rings. The van der Waals surface area contributed by atoms with E-state index < -0.39 is 0 Å². The summed E-state index contributed by atoms with van der Waals surface area (Å²) >= 11 is 13.4. The first-order chi connectivity index (χ1) is 12.5. The molecule has 5 nitrogen and oxygen atoms in total. The molecule has 134 valence electrons. The third kappa shape index (κ3) is 4.78. The number of hydrogen-bond donors (Lipinski definition) is 1. The molecule has 0 unspecified atom stereocenters. The van der Waals surface area contributed by atoms with Gasteiger partial charge in [-0.3, -0.25) is 4.79 Å². The number of rotatable bonds is 6. The summed E-state index contributed by atoms with van der Waals surface area (Å²) in [6.45, 7) is 2.01. The highest BCUT2D eigenvalue weighted by Crippen LogP contribution is 2.30. The molecule has 8 heteroatoms. The number of nitrogens with zero attached hydrogens (tertiary/aromatic N) is 2. The fourth-order valence-electron chi connectivity index (χ4n) is 2.13. The molecule has 1 heterocycles. The van der Waals surface area contributed by atoms with E-state index in [1.54, 1.807) is 18.2 Å². The Hall–Kier alpha value is -2.02. The molecule has 3 aromatic rings. The molecule has 0 radical (unpaired) electrons. The Bertz CT molecular complexity index is 893. The number of thioether (sulfide) groups is 1. The van der Waals surface area contributed by atoms with Crippen molar-refractivity contribution in [3.05, 3.63) is 58.1 Å². The molecule has 2 aromatic carbocycles. The van der Waals surface area contributed by atoms with E-state index in [0.717, 1.165) is 11.1 Å². The fraction of sp³-hybridized carbons (Fsp3) is 0.167. The molecule has 1 N–H and O–H groups in total. The summed E-state index contributed by atoms with van der Waals surface area (Å²) in [4.78, 5) is 12.1. The van der Waals surface area contributed by atoms with E-state index in [1.807, 2.05) is 31.2 Å². The lowest BCUT2D eigenvalue weighted by Crippen LogP contribution is -2.12. The van der Waals surface area contributed by atoms with Gasteiger partial charge in [0.1, 0.15) is 0 Å². The maximum Gasteiger partial charge on any atom is 0.276 e. The number of amides is 1. The second-order valence-electron chi connectivity index (χ2n) is 5.48. The molecular weight excluding hydrogens is 393 g/mol. The summed E-state index contributed by atoms with van der Waals surface area (Å²) in [5, 5.41) is 12.0. The number of nitrogens with one attached hydrogen (secondary N) is 1. The van der Waals surface area contributed by atoms with Crippen molar-refractivity contribution in [1.29, 1.82) is 0 Å². The molecule has 0 fully saturated rings. The van der Waals surface area contributed by atoms with Crippen LogP contribution < -0.4 is 5.32 Å². The Balaban J connectivity index is 1.52. The molecule has 0 saturated carbocycles. The third-order valence-corrected chi connectivity index (χ3v) is 4.94. The van der Waals surface area contributed by atoms with Gasteiger partial charge in [0.15, 0.2) is 0 Å². The molecule has 0 aliphatic carbocycles. The van der Waals surface area contributed by atoms with Crippen molar-refractivity contribution in [2.45, 2.75) is 18.6 Å². The van der Waals surface area contributed by atoms with Crippen LogP contribution in [0.15, 0.2) is 52.1 Å². The molecule has 0 spiro atoms. The lowest BCUT2D eigenvalue weighted by atomic mass is 10.1. The van der Waals surface area contributed by atoms with E-state index in [9.17, 15) is 4.79 Å². The molecule has 0 bridgehead atoms. The van der Waals surface area contributed by atoms with Crippen molar-refractivity contribution in [1.82, 2.24) is 10.2 Å². The van der Waals surface area contributed by atoms with Gasteiger partial charge in [0.2, 0.25) is 11.8 Å². The monoisotopic (exact) mass is 407 g/mol. The van der Waals surface area contributed by atoms with Crippen LogP contribution in [0.3, 0.4) is 0 Å². The second kappa shape index (κ2) is 8.58. The summed E-state index contributed by atoms with van der Waals surface area (Å²) in [5.74, 6) is 0.759. The van der Waals surface area contributed by atoms with Gasteiger partial charge in [-0.1, -0.05) is 58.7 Å². The Morgan fingerprint density at radius 3 is 2.50 bits per heavy atom. The topological polar surface area (TPSA) is 68.0 Å². The highest BCUT2D eigenvalue weighted by Gasteiger charge is 2.12. The second-order valence-corrected chi connectivity index (χ2v) is 7.34. The van der Waals surface area contributed by atoms with Gasteiger partial charge >= 0.3 is 0 Å². The zero-order chi connectivity index (χ0) is 18.5. The van der Waals surface area contributed by atoms with Crippen molar-refractivity contribution in [3.63, 3.8) is 0 Å². The number of aryl methyl sites for hydroxylation is 1. The van der Waals surface area contributed by atoms with E-state index in [1.165, 1.54) is 11.8 Å². The highest BCUT2D eigenvalue weighted by atomic mass is 35.5. The van der Waals surface area contributed by atoms with E-state index in [4.69, 9.17) is 27.6 Å². The van der Waals surface area contributed by atoms with Crippen LogP contribution in [0.1, 0.15) is 12.0 Å². The normalized spacial score (nSPS) is 10.7. The number of anilines is 1. The highest BCUT2D eigenvalue weighted by molar-refractivity contribution is 7.99. The Morgan fingerprint density at radius 1 is 1.12 bits per heavy atom. The summed E-state index contributed by atoms with van der Waals surface area (Å²) in [6, 6.07) is 12.9. The number of aromatic nitrogens is 2. The molecule has 1 amide bonds. The number of hydrogen-bond acceptors (Lipinski definition) is 5. The van der Waals surface area contributed by atoms with Gasteiger partial charge in [0, 0.05) is 17.7 Å². The maximum absolute atomic E-state index is 12.1. The predicted molar refractivity (Wildman–Crippen MR) is 105 cm³/mol. The molecule has 1 aromatic heterocycles. The Labute approximate surface area is 165 Å². The van der Waals surface area contributed by atoms with Crippen molar-refractivity contribution in [2.75, 3.05) is 11.1 Å². The van der Waals surface area contributed by atoms with Crippen molar-refractivity contribution < 1.29 is 9.21 Å². The van der Waals surface area contributed by atoms with Gasteiger partial charge in [0.05, 0.1) is 15.7 Å². The van der Waals surface area contributed by atoms with Crippen molar-refractivity contribution >= 4 is 46.6 Å². The molecular formula is C18H15Cl2N3O2S. The fourth-order valence-corrected chi connectivity index (χ4v) is 3.32. The van der Waals surface area contributed by atoms with Crippen molar-refractivity contribution in [3.8, 4) is 11.5 Å². The summed E-state index contributed by atoms with van der Waals surface area (Å²) < 4.78 is 5.61. The first kappa shape index (κ1) is 18.8. The van der Waals surface area contributed by atoms with E-state index in [2.05, 4.69) is 15.5 Å². The van der Waals surface area contributed by atoms with E-state index in [0.29, 0.717) is 32.6 Å². The van der Waals surface area contributed by atoms with Crippen molar-refractivity contribution in [2.24, 2.45) is 0 Å². The summed E-state index contributed by atoms with van der Waals surface area (Å²) in [5.41, 5.74) is 2.44. The zero-order valence-corrected chi connectivity index (χ0v) is 16.2. The van der Waals surface area contributed by atoms with Gasteiger partial charge in [-0.15, -0.1) is 10.2 Å². The minimum atomic E-state index is -0.189. The minimum Gasteiger partial charge on any atom is -0.411 e. The first-order valence-electron chi connectivity index (χ1n) is 7.80. The summed E-state index contributed by atoms with van der Waals surface area (Å²) in [6.07, 6.45) is 0.258. The average Bonchev–Trinajstić information content (AvgIpc) is 3.08. The quantitative estimate of drug-likeness (QED) is 0.548. The molecule has 0 aliphatic heterocycles. The van der Waals surface area contributed by atoms with Gasteiger partial charge < -0.3 is 9.73 Å². The SMILES string of the molecule is Cc1ccc(-c2nnc(SCCC(=O)Nc3c(Cl)cccc3Cl)o2)cc1. The number of halogens is 2. The van der Waals surface area contributed by atoms with E-state index >= 15 is 0 Å². The lowest BCUT2D eigenvalue weighted by molar-refractivity contribution is -0.115. The smallest absolute Gasteiger partial charge is 0.276 e. The molecule has 26 heavy (non-hydrogen) atoms. The van der Waals surface area contributed by atoms with Gasteiger partial charge in [0.25, 0.3) is 5.22 Å². The van der Waals surface area contributed by atoms with Crippen LogP contribution in [0.25, 0.3) is 11.5 Å². The van der Waals surface area contributed by atoms with Gasteiger partial charge in [-0.25, -0.2) is 0 Å². The van der Waals surface area contributed by atoms with Crippen LogP contribution in [-0.4, -0.2) is 21.9 Å². The zero-order valence-electron chi connectivity index (χ0n) is 13.8. The first-order valence-corrected chi connectivity index (χ1v) is 9.54. The number of para-hydroxylation sites is 1. The molecule has 3 rings (SSSR count). The maximum atomic E-state index is 12.1. The minimum absolute atomic E-state index is 0.189. The number of benzene rings is 2. The van der Waals surface area contributed by atoms with Gasteiger partial charge in [-0.05, 0) is 31.2 Å². The number of carbonyl (C=O) groups excluding carboxylic acids is 1. The van der Waals surface area contributed by atoms with Gasteiger partial charge in [-0.2, -0.15) is 0 Å². The van der Waals surface area contributed by atoms with Crippen LogP contribution in [-0.2, 0) is 4.79 Å².